The second-order valence-electron chi connectivity index (χ2n) is 1.73. The summed E-state index contributed by atoms with van der Waals surface area (Å²) < 4.78 is 0.407. The van der Waals surface area contributed by atoms with Gasteiger partial charge in [-0.15, -0.1) is 0 Å². The van der Waals surface area contributed by atoms with Crippen molar-refractivity contribution in [1.82, 2.24) is 4.42 Å². The second-order valence-corrected chi connectivity index (χ2v) is 2.07. The molecule has 2 amide bonds. The summed E-state index contributed by atoms with van der Waals surface area (Å²) in [4.78, 5) is 20.8. The Morgan fingerprint density at radius 2 is 2.22 bits per heavy atom. The zero-order valence-corrected chi connectivity index (χ0v) is 5.13. The van der Waals surface area contributed by atoms with E-state index in [4.69, 9.17) is 16.9 Å². The molecule has 0 aromatic carbocycles. The van der Waals surface area contributed by atoms with Crippen molar-refractivity contribution in [2.24, 2.45) is 0 Å². The molecule has 1 unspecified atom stereocenters. The zero-order valence-electron chi connectivity index (χ0n) is 4.37. The molecule has 0 saturated carbocycles. The number of hydrogen-bond donors (Lipinski definition) is 1. The third-order valence-electron chi connectivity index (χ3n) is 1.07. The first-order chi connectivity index (χ1) is 4.13. The van der Waals surface area contributed by atoms with Gasteiger partial charge in [0.15, 0.2) is 0 Å². The van der Waals surface area contributed by atoms with Crippen LogP contribution < -0.4 is 0 Å². The van der Waals surface area contributed by atoms with Crippen molar-refractivity contribution >= 4 is 23.6 Å². The highest BCUT2D eigenvalue weighted by Gasteiger charge is 2.36. The molecule has 0 spiro atoms. The molecule has 0 aromatic rings. The highest BCUT2D eigenvalue weighted by atomic mass is 35.5. The largest absolute Gasteiger partial charge is 0.383 e. The maximum atomic E-state index is 10.4. The Labute approximate surface area is 56.1 Å². The molecule has 1 saturated heterocycles. The van der Waals surface area contributed by atoms with E-state index >= 15 is 0 Å². The van der Waals surface area contributed by atoms with Gasteiger partial charge < -0.3 is 5.11 Å². The van der Waals surface area contributed by atoms with E-state index in [2.05, 4.69) is 0 Å². The zero-order chi connectivity index (χ0) is 7.02. The van der Waals surface area contributed by atoms with E-state index in [1.807, 2.05) is 0 Å². The molecule has 1 aliphatic heterocycles. The predicted octanol–water partition coefficient (Wildman–Crippen LogP) is -0.740. The van der Waals surface area contributed by atoms with Crippen molar-refractivity contribution < 1.29 is 14.7 Å². The van der Waals surface area contributed by atoms with Gasteiger partial charge in [0.25, 0.3) is 5.91 Å². The third-order valence-corrected chi connectivity index (χ3v) is 1.42. The minimum absolute atomic E-state index is 0.192. The molecule has 0 aromatic heterocycles. The smallest absolute Gasteiger partial charge is 0.273 e. The average Bonchev–Trinajstić information content (AvgIpc) is 1.98. The molecule has 9 heavy (non-hydrogen) atoms. The van der Waals surface area contributed by atoms with E-state index in [0.717, 1.165) is 0 Å². The van der Waals surface area contributed by atoms with Gasteiger partial charge in [-0.2, -0.15) is 4.42 Å². The third kappa shape index (κ3) is 0.906. The number of halogens is 1. The van der Waals surface area contributed by atoms with Gasteiger partial charge >= 0.3 is 0 Å². The standard InChI is InChI=1S/C4H4ClNO3/c5-6-3(8)1-2(7)4(6)9/h2,7H,1H2. The van der Waals surface area contributed by atoms with Crippen molar-refractivity contribution in [3.8, 4) is 0 Å². The molecule has 1 rings (SSSR count). The number of aliphatic hydroxyl groups is 1. The molecule has 4 nitrogen and oxygen atoms in total. The van der Waals surface area contributed by atoms with Crippen molar-refractivity contribution in [2.45, 2.75) is 12.5 Å². The topological polar surface area (TPSA) is 57.6 Å². The van der Waals surface area contributed by atoms with Crippen molar-refractivity contribution in [3.63, 3.8) is 0 Å². The van der Waals surface area contributed by atoms with Gasteiger partial charge in [-0.25, -0.2) is 0 Å². The van der Waals surface area contributed by atoms with Crippen LogP contribution in [0.3, 0.4) is 0 Å². The quantitative estimate of drug-likeness (QED) is 0.365. The Balaban J connectivity index is 2.77. The number of hydrogen-bond acceptors (Lipinski definition) is 3. The fourth-order valence-electron chi connectivity index (χ4n) is 0.587. The molecule has 5 heteroatoms. The molecule has 0 aliphatic carbocycles. The highest BCUT2D eigenvalue weighted by molar-refractivity contribution is 6.32. The molecular formula is C4H4ClNO3. The fourth-order valence-corrected chi connectivity index (χ4v) is 0.768. The van der Waals surface area contributed by atoms with Crippen LogP contribution in [0.1, 0.15) is 6.42 Å². The van der Waals surface area contributed by atoms with Crippen LogP contribution in [0.5, 0.6) is 0 Å². The van der Waals surface area contributed by atoms with Crippen LogP contribution in [-0.4, -0.2) is 27.4 Å². The lowest BCUT2D eigenvalue weighted by molar-refractivity contribution is -0.134. The first-order valence-electron chi connectivity index (χ1n) is 2.33. The molecular weight excluding hydrogens is 146 g/mol. The van der Waals surface area contributed by atoms with E-state index in [-0.39, 0.29) is 6.42 Å². The monoisotopic (exact) mass is 149 g/mol. The van der Waals surface area contributed by atoms with Gasteiger partial charge in [0.05, 0.1) is 6.42 Å². The predicted molar refractivity (Wildman–Crippen MR) is 28.3 cm³/mol. The maximum Gasteiger partial charge on any atom is 0.273 e. The van der Waals surface area contributed by atoms with Crippen LogP contribution in [0.2, 0.25) is 0 Å². The molecule has 1 N–H and O–H groups in total. The Hall–Kier alpha value is -0.610. The lowest BCUT2D eigenvalue weighted by Crippen LogP contribution is -2.22. The molecule has 0 radical (unpaired) electrons. The summed E-state index contributed by atoms with van der Waals surface area (Å²) in [6.07, 6.45) is -1.42. The van der Waals surface area contributed by atoms with E-state index in [0.29, 0.717) is 4.42 Å². The van der Waals surface area contributed by atoms with Gasteiger partial charge in [-0.3, -0.25) is 9.59 Å². The van der Waals surface area contributed by atoms with Crippen LogP contribution in [-0.2, 0) is 9.59 Å². The first kappa shape index (κ1) is 6.51. The van der Waals surface area contributed by atoms with Crippen LogP contribution in [0, 0.1) is 0 Å². The normalized spacial score (nSPS) is 27.8. The maximum absolute atomic E-state index is 10.4. The van der Waals surface area contributed by atoms with Gasteiger partial charge in [-0.05, 0) is 0 Å². The average molecular weight is 150 g/mol. The van der Waals surface area contributed by atoms with Crippen LogP contribution in [0.15, 0.2) is 0 Å². The number of aliphatic hydroxyl groups excluding tert-OH is 1. The Bertz CT molecular complexity index is 169. The van der Waals surface area contributed by atoms with Crippen molar-refractivity contribution in [1.29, 1.82) is 0 Å². The van der Waals surface area contributed by atoms with Gasteiger partial charge in [0, 0.05) is 11.8 Å². The SMILES string of the molecule is O=C1CC(O)C(=O)N1Cl. The molecule has 1 aliphatic rings. The lowest BCUT2D eigenvalue weighted by Gasteiger charge is -1.98. The molecule has 1 atom stereocenters. The highest BCUT2D eigenvalue weighted by Crippen LogP contribution is 2.13. The summed E-state index contributed by atoms with van der Waals surface area (Å²) in [5, 5.41) is 8.64. The van der Waals surface area contributed by atoms with E-state index in [1.165, 1.54) is 0 Å². The number of imide groups is 1. The fraction of sp³-hybridized carbons (Fsp3) is 0.500. The second kappa shape index (κ2) is 1.97. The Morgan fingerprint density at radius 3 is 2.33 bits per heavy atom. The molecule has 50 valence electrons. The summed E-state index contributed by atoms with van der Waals surface area (Å²) in [6.45, 7) is 0. The number of nitrogens with zero attached hydrogens (tertiary/aromatic N) is 1. The van der Waals surface area contributed by atoms with Gasteiger partial charge in [0.1, 0.15) is 6.10 Å². The van der Waals surface area contributed by atoms with E-state index in [9.17, 15) is 9.59 Å². The molecule has 1 fully saturated rings. The number of carbonyl (C=O) groups excluding carboxylic acids is 2. The lowest BCUT2D eigenvalue weighted by atomic mass is 10.3. The van der Waals surface area contributed by atoms with Crippen LogP contribution >= 0.6 is 11.8 Å². The van der Waals surface area contributed by atoms with Gasteiger partial charge in [0.2, 0.25) is 5.91 Å². The van der Waals surface area contributed by atoms with Gasteiger partial charge in [-0.1, -0.05) is 0 Å². The van der Waals surface area contributed by atoms with E-state index < -0.39 is 17.9 Å². The van der Waals surface area contributed by atoms with E-state index in [1.54, 1.807) is 0 Å². The van der Waals surface area contributed by atoms with Crippen molar-refractivity contribution in [3.05, 3.63) is 0 Å². The summed E-state index contributed by atoms with van der Waals surface area (Å²) >= 11 is 5.08. The number of rotatable bonds is 0. The minimum Gasteiger partial charge on any atom is -0.383 e. The van der Waals surface area contributed by atoms with Crippen LogP contribution in [0.4, 0.5) is 0 Å². The Kier molecular flexibility index (Phi) is 1.42. The Morgan fingerprint density at radius 1 is 1.67 bits per heavy atom. The molecule has 1 heterocycles. The number of carbonyl (C=O) groups is 2. The summed E-state index contributed by atoms with van der Waals surface area (Å²) in [7, 11) is 0. The van der Waals surface area contributed by atoms with Crippen LogP contribution in [0.25, 0.3) is 0 Å². The van der Waals surface area contributed by atoms with Crippen molar-refractivity contribution in [2.75, 3.05) is 0 Å². The summed E-state index contributed by atoms with van der Waals surface area (Å²) in [5.74, 6) is -1.28. The number of amides is 2. The minimum atomic E-state index is -1.23. The summed E-state index contributed by atoms with van der Waals surface area (Å²) in [5.41, 5.74) is 0. The summed E-state index contributed by atoms with van der Waals surface area (Å²) in [6, 6.07) is 0. The first-order valence-corrected chi connectivity index (χ1v) is 2.67. The molecule has 0 bridgehead atoms.